The Bertz CT molecular complexity index is 794. The topological polar surface area (TPSA) is 9.23 Å². The highest BCUT2D eigenvalue weighted by atomic mass is 16.5. The Morgan fingerprint density at radius 2 is 1.54 bits per heavy atom. The Balaban J connectivity index is 1.55. The van der Waals surface area contributed by atoms with Crippen LogP contribution in [0.1, 0.15) is 63.0 Å². The normalized spacial score (nSPS) is 19.4. The van der Waals surface area contributed by atoms with E-state index in [4.69, 9.17) is 4.74 Å². The Morgan fingerprint density at radius 3 is 2.14 bits per heavy atom. The molecule has 3 rings (SSSR count). The van der Waals surface area contributed by atoms with Crippen LogP contribution in [0.25, 0.3) is 11.1 Å². The minimum Gasteiger partial charge on any atom is -0.364 e. The first-order chi connectivity index (χ1) is 13.8. The van der Waals surface area contributed by atoms with Gasteiger partial charge in [-0.05, 0) is 66.7 Å². The number of rotatable bonds is 6. The van der Waals surface area contributed by atoms with Crippen LogP contribution in [0.5, 0.6) is 0 Å². The fraction of sp³-hybridized carbons (Fsp3) is 0.407. The van der Waals surface area contributed by atoms with Gasteiger partial charge in [0, 0.05) is 6.42 Å². The third-order valence-corrected chi connectivity index (χ3v) is 5.65. The fourth-order valence-corrected chi connectivity index (χ4v) is 4.05. The van der Waals surface area contributed by atoms with E-state index in [1.165, 1.54) is 47.9 Å². The van der Waals surface area contributed by atoms with Crippen molar-refractivity contribution in [2.24, 2.45) is 5.92 Å². The van der Waals surface area contributed by atoms with Gasteiger partial charge in [0.15, 0.2) is 0 Å². The van der Waals surface area contributed by atoms with Gasteiger partial charge in [0.1, 0.15) is 6.61 Å². The van der Waals surface area contributed by atoms with E-state index in [1.54, 1.807) is 0 Å². The summed E-state index contributed by atoms with van der Waals surface area (Å²) in [5.74, 6) is 7.55. The summed E-state index contributed by atoms with van der Waals surface area (Å²) in [5, 5.41) is 0. The summed E-state index contributed by atoms with van der Waals surface area (Å²) in [5.41, 5.74) is 5.24. The molecule has 0 aliphatic heterocycles. The van der Waals surface area contributed by atoms with Crippen LogP contribution in [0.2, 0.25) is 0 Å². The predicted octanol–water partition coefficient (Wildman–Crippen LogP) is 7.13. The Hall–Kier alpha value is -2.30. The maximum absolute atomic E-state index is 5.60. The quantitative estimate of drug-likeness (QED) is 0.298. The number of allylic oxidation sites excluding steroid dienone is 2. The molecule has 0 radical (unpaired) electrons. The third kappa shape index (κ3) is 5.85. The van der Waals surface area contributed by atoms with Crippen molar-refractivity contribution in [1.82, 2.24) is 0 Å². The molecule has 1 aliphatic carbocycles. The Kier molecular flexibility index (Phi) is 7.94. The second-order valence-corrected chi connectivity index (χ2v) is 7.66. The zero-order valence-electron chi connectivity index (χ0n) is 17.3. The SMILES string of the molecule is CC=C[C@H]1CC[C@H](c2ccc(-c3ccc(COCC#CCC)cc3)cc2)CC1. The molecule has 1 aliphatic rings. The first-order valence-electron chi connectivity index (χ1n) is 10.7. The van der Waals surface area contributed by atoms with Crippen molar-refractivity contribution in [3.05, 3.63) is 71.8 Å². The first kappa shape index (κ1) is 20.4. The minimum absolute atomic E-state index is 0.508. The van der Waals surface area contributed by atoms with Gasteiger partial charge in [-0.2, -0.15) is 0 Å². The first-order valence-corrected chi connectivity index (χ1v) is 10.7. The number of ether oxygens (including phenoxy) is 1. The molecule has 146 valence electrons. The third-order valence-electron chi connectivity index (χ3n) is 5.65. The van der Waals surface area contributed by atoms with Gasteiger partial charge in [0.2, 0.25) is 0 Å². The fourth-order valence-electron chi connectivity index (χ4n) is 4.05. The monoisotopic (exact) mass is 372 g/mol. The van der Waals surface area contributed by atoms with Crippen LogP contribution in [-0.2, 0) is 11.3 Å². The molecule has 0 heterocycles. The largest absolute Gasteiger partial charge is 0.364 e. The van der Waals surface area contributed by atoms with E-state index >= 15 is 0 Å². The van der Waals surface area contributed by atoms with Crippen molar-refractivity contribution in [2.45, 2.75) is 58.5 Å². The summed E-state index contributed by atoms with van der Waals surface area (Å²) in [7, 11) is 0. The van der Waals surface area contributed by atoms with Crippen molar-refractivity contribution in [2.75, 3.05) is 6.61 Å². The zero-order valence-corrected chi connectivity index (χ0v) is 17.3. The molecule has 0 amide bonds. The van der Waals surface area contributed by atoms with Crippen LogP contribution >= 0.6 is 0 Å². The number of benzene rings is 2. The van der Waals surface area contributed by atoms with Crippen LogP contribution in [0.3, 0.4) is 0 Å². The molecular weight excluding hydrogens is 340 g/mol. The van der Waals surface area contributed by atoms with E-state index < -0.39 is 0 Å². The summed E-state index contributed by atoms with van der Waals surface area (Å²) in [6, 6.07) is 17.9. The van der Waals surface area contributed by atoms with Crippen LogP contribution < -0.4 is 0 Å². The van der Waals surface area contributed by atoms with E-state index in [1.807, 2.05) is 6.92 Å². The summed E-state index contributed by atoms with van der Waals surface area (Å²) < 4.78 is 5.60. The maximum atomic E-state index is 5.60. The lowest BCUT2D eigenvalue weighted by atomic mass is 9.78. The summed E-state index contributed by atoms with van der Waals surface area (Å²) >= 11 is 0. The second kappa shape index (κ2) is 10.9. The Labute approximate surface area is 170 Å². The zero-order chi connectivity index (χ0) is 19.6. The minimum atomic E-state index is 0.508. The molecule has 1 saturated carbocycles. The molecule has 2 aromatic rings. The summed E-state index contributed by atoms with van der Waals surface area (Å²) in [4.78, 5) is 0. The highest BCUT2D eigenvalue weighted by Crippen LogP contribution is 2.36. The van der Waals surface area contributed by atoms with Crippen molar-refractivity contribution in [3.63, 3.8) is 0 Å². The van der Waals surface area contributed by atoms with E-state index in [0.717, 1.165) is 18.3 Å². The number of hydrogen-bond donors (Lipinski definition) is 0. The van der Waals surface area contributed by atoms with Crippen molar-refractivity contribution >= 4 is 0 Å². The van der Waals surface area contributed by atoms with Gasteiger partial charge < -0.3 is 4.74 Å². The van der Waals surface area contributed by atoms with Gasteiger partial charge in [-0.3, -0.25) is 0 Å². The average molecular weight is 373 g/mol. The van der Waals surface area contributed by atoms with Crippen LogP contribution in [0.4, 0.5) is 0 Å². The number of hydrogen-bond acceptors (Lipinski definition) is 1. The van der Waals surface area contributed by atoms with Gasteiger partial charge >= 0.3 is 0 Å². The lowest BCUT2D eigenvalue weighted by Gasteiger charge is -2.27. The maximum Gasteiger partial charge on any atom is 0.108 e. The molecule has 0 spiro atoms. The molecule has 0 aromatic heterocycles. The molecule has 1 fully saturated rings. The van der Waals surface area contributed by atoms with Crippen molar-refractivity contribution in [3.8, 4) is 23.0 Å². The molecule has 28 heavy (non-hydrogen) atoms. The molecule has 1 nitrogen and oxygen atoms in total. The smallest absolute Gasteiger partial charge is 0.108 e. The molecule has 0 N–H and O–H groups in total. The Morgan fingerprint density at radius 1 is 0.893 bits per heavy atom. The lowest BCUT2D eigenvalue weighted by molar-refractivity contribution is 0.153. The van der Waals surface area contributed by atoms with E-state index in [0.29, 0.717) is 13.2 Å². The van der Waals surface area contributed by atoms with Crippen LogP contribution in [0.15, 0.2) is 60.7 Å². The highest BCUT2D eigenvalue weighted by molar-refractivity contribution is 5.64. The summed E-state index contributed by atoms with van der Waals surface area (Å²) in [6.45, 7) is 5.31. The molecule has 0 atom stereocenters. The van der Waals surface area contributed by atoms with Crippen molar-refractivity contribution < 1.29 is 4.74 Å². The molecule has 1 heteroatoms. The van der Waals surface area contributed by atoms with Crippen LogP contribution in [-0.4, -0.2) is 6.61 Å². The lowest BCUT2D eigenvalue weighted by Crippen LogP contribution is -2.11. The van der Waals surface area contributed by atoms with Crippen LogP contribution in [0, 0.1) is 17.8 Å². The predicted molar refractivity (Wildman–Crippen MR) is 119 cm³/mol. The molecule has 0 saturated heterocycles. The van der Waals surface area contributed by atoms with Gasteiger partial charge in [0.05, 0.1) is 6.61 Å². The van der Waals surface area contributed by atoms with Gasteiger partial charge in [-0.25, -0.2) is 0 Å². The highest BCUT2D eigenvalue weighted by Gasteiger charge is 2.20. The van der Waals surface area contributed by atoms with Crippen molar-refractivity contribution in [1.29, 1.82) is 0 Å². The van der Waals surface area contributed by atoms with E-state index in [9.17, 15) is 0 Å². The molecular formula is C27H32O. The molecule has 0 bridgehead atoms. The summed E-state index contributed by atoms with van der Waals surface area (Å²) in [6.07, 6.45) is 10.7. The standard InChI is InChI=1S/C27H32O/c1-3-5-6-20-28-21-23-10-14-25(15-11-23)27-18-16-26(17-19-27)24-12-8-22(7-4-2)9-13-24/h4,7,10-11,14-19,22,24H,3,8-9,12-13,20-21H2,1-2H3/t22-,24-. The average Bonchev–Trinajstić information content (AvgIpc) is 2.75. The molecule has 0 unspecified atom stereocenters. The molecule has 2 aromatic carbocycles. The van der Waals surface area contributed by atoms with Gasteiger partial charge in [-0.15, -0.1) is 5.92 Å². The van der Waals surface area contributed by atoms with E-state index in [2.05, 4.69) is 79.4 Å². The van der Waals surface area contributed by atoms with Gasteiger partial charge in [-0.1, -0.05) is 73.5 Å². The van der Waals surface area contributed by atoms with E-state index in [-0.39, 0.29) is 0 Å². The van der Waals surface area contributed by atoms with Gasteiger partial charge in [0.25, 0.3) is 0 Å². The second-order valence-electron chi connectivity index (χ2n) is 7.66.